The van der Waals surface area contributed by atoms with Crippen molar-refractivity contribution >= 4 is 35.9 Å². The minimum Gasteiger partial charge on any atom is -0.459 e. The number of esters is 1. The highest BCUT2D eigenvalue weighted by Crippen LogP contribution is 2.15. The normalized spacial score (nSPS) is 16.1. The second-order valence-corrected chi connectivity index (χ2v) is 8.47. The van der Waals surface area contributed by atoms with Gasteiger partial charge in [0.1, 0.15) is 12.1 Å². The summed E-state index contributed by atoms with van der Waals surface area (Å²) in [5.74, 6) is 0.378. The Hall–Kier alpha value is -1.35. The van der Waals surface area contributed by atoms with Gasteiger partial charge in [-0.15, -0.1) is 24.0 Å². The first-order valence-corrected chi connectivity index (χ1v) is 10.3. The molecule has 7 heteroatoms. The first kappa shape index (κ1) is 25.7. The number of rotatable bonds is 6. The van der Waals surface area contributed by atoms with Gasteiger partial charge in [0.2, 0.25) is 0 Å². The summed E-state index contributed by atoms with van der Waals surface area (Å²) in [4.78, 5) is 18.8. The lowest BCUT2D eigenvalue weighted by molar-refractivity contribution is -0.152. The largest absolute Gasteiger partial charge is 0.459 e. The van der Waals surface area contributed by atoms with Crippen molar-refractivity contribution < 1.29 is 9.53 Å². The van der Waals surface area contributed by atoms with Gasteiger partial charge >= 0.3 is 5.97 Å². The molecule has 0 atom stereocenters. The quantitative estimate of drug-likeness (QED) is 0.263. The molecule has 1 saturated heterocycles. The molecule has 0 unspecified atom stereocenters. The second kappa shape index (κ2) is 12.4. The van der Waals surface area contributed by atoms with E-state index in [1.54, 1.807) is 0 Å². The van der Waals surface area contributed by atoms with Crippen molar-refractivity contribution in [3.05, 3.63) is 35.4 Å². The number of likely N-dealkylation sites (tertiary alicyclic amines) is 1. The molecule has 2 rings (SSSR count). The Morgan fingerprint density at radius 2 is 1.97 bits per heavy atom. The van der Waals surface area contributed by atoms with Crippen molar-refractivity contribution in [3.8, 4) is 0 Å². The van der Waals surface area contributed by atoms with Gasteiger partial charge in [0.15, 0.2) is 5.96 Å². The zero-order valence-corrected chi connectivity index (χ0v) is 20.8. The fourth-order valence-electron chi connectivity index (χ4n) is 3.33. The molecule has 1 aromatic carbocycles. The number of piperidine rings is 1. The average Bonchev–Trinajstić information content (AvgIpc) is 2.60. The Balaban J connectivity index is 0.00000420. The topological polar surface area (TPSA) is 66.0 Å². The average molecular weight is 516 g/mol. The Morgan fingerprint density at radius 3 is 2.55 bits per heavy atom. The van der Waals surface area contributed by atoms with E-state index in [0.717, 1.165) is 39.0 Å². The highest BCUT2D eigenvalue weighted by atomic mass is 127. The summed E-state index contributed by atoms with van der Waals surface area (Å²) < 4.78 is 5.33. The Morgan fingerprint density at radius 1 is 1.28 bits per heavy atom. The summed E-state index contributed by atoms with van der Waals surface area (Å²) >= 11 is 0. The number of hydrogen-bond donors (Lipinski definition) is 2. The summed E-state index contributed by atoms with van der Waals surface area (Å²) in [6, 6.07) is 9.09. The van der Waals surface area contributed by atoms with Crippen LogP contribution in [0.1, 0.15) is 51.7 Å². The van der Waals surface area contributed by atoms with Gasteiger partial charge in [-0.2, -0.15) is 0 Å². The van der Waals surface area contributed by atoms with Crippen LogP contribution >= 0.6 is 24.0 Å². The van der Waals surface area contributed by atoms with Crippen LogP contribution in [0.5, 0.6) is 0 Å². The van der Waals surface area contributed by atoms with Crippen LogP contribution in [-0.4, -0.2) is 54.7 Å². The molecule has 6 nitrogen and oxygen atoms in total. The predicted molar refractivity (Wildman–Crippen MR) is 130 cm³/mol. The van der Waals surface area contributed by atoms with E-state index in [-0.39, 0.29) is 36.5 Å². The van der Waals surface area contributed by atoms with Crippen LogP contribution in [0.4, 0.5) is 0 Å². The van der Waals surface area contributed by atoms with Gasteiger partial charge in [-0.3, -0.25) is 9.69 Å². The SMILES string of the molecule is CCNC(=NCC(=O)OC(C)(C)C)NC1CCN(Cc2cccc(C)c2)CC1.I. The number of hydrogen-bond acceptors (Lipinski definition) is 4. The van der Waals surface area contributed by atoms with Gasteiger partial charge in [0, 0.05) is 32.2 Å². The van der Waals surface area contributed by atoms with Crippen molar-refractivity contribution in [3.63, 3.8) is 0 Å². The molecule has 0 amide bonds. The van der Waals surface area contributed by atoms with Crippen LogP contribution in [0.2, 0.25) is 0 Å². The van der Waals surface area contributed by atoms with E-state index in [0.29, 0.717) is 12.0 Å². The molecule has 2 N–H and O–H groups in total. The number of ether oxygens (including phenoxy) is 1. The highest BCUT2D eigenvalue weighted by molar-refractivity contribution is 14.0. The first-order chi connectivity index (χ1) is 13.2. The first-order valence-electron chi connectivity index (χ1n) is 10.3. The third-order valence-corrected chi connectivity index (χ3v) is 4.55. The summed E-state index contributed by atoms with van der Waals surface area (Å²) in [5.41, 5.74) is 2.20. The summed E-state index contributed by atoms with van der Waals surface area (Å²) in [7, 11) is 0. The maximum Gasteiger partial charge on any atom is 0.328 e. The third-order valence-electron chi connectivity index (χ3n) is 4.55. The van der Waals surface area contributed by atoms with Crippen molar-refractivity contribution in [2.45, 2.75) is 65.6 Å². The van der Waals surface area contributed by atoms with Crippen LogP contribution in [0.3, 0.4) is 0 Å². The van der Waals surface area contributed by atoms with E-state index >= 15 is 0 Å². The van der Waals surface area contributed by atoms with Crippen molar-refractivity contribution in [2.75, 3.05) is 26.2 Å². The van der Waals surface area contributed by atoms with Gasteiger partial charge in [-0.1, -0.05) is 29.8 Å². The molecule has 0 bridgehead atoms. The molecule has 0 spiro atoms. The highest BCUT2D eigenvalue weighted by Gasteiger charge is 2.21. The Bertz CT molecular complexity index is 665. The van der Waals surface area contributed by atoms with E-state index in [2.05, 4.69) is 51.7 Å². The Kier molecular flexibility index (Phi) is 11.0. The maximum atomic E-state index is 11.9. The molecule has 1 aliphatic heterocycles. The number of carbonyl (C=O) groups excluding carboxylic acids is 1. The van der Waals surface area contributed by atoms with Crippen LogP contribution < -0.4 is 10.6 Å². The smallest absolute Gasteiger partial charge is 0.328 e. The van der Waals surface area contributed by atoms with E-state index in [1.807, 2.05) is 27.7 Å². The second-order valence-electron chi connectivity index (χ2n) is 8.47. The molecule has 1 aromatic rings. The standard InChI is InChI=1S/C22H36N4O2.HI/c1-6-23-21(24-15-20(27)28-22(3,4)5)25-19-10-12-26(13-11-19)16-18-9-7-8-17(2)14-18;/h7-9,14,19H,6,10-13,15-16H2,1-5H3,(H2,23,24,25);1H. The lowest BCUT2D eigenvalue weighted by Gasteiger charge is -2.33. The molecular formula is C22H37IN4O2. The number of nitrogens with zero attached hydrogens (tertiary/aromatic N) is 2. The van der Waals surface area contributed by atoms with Crippen molar-refractivity contribution in [2.24, 2.45) is 4.99 Å². The zero-order chi connectivity index (χ0) is 20.6. The number of nitrogens with one attached hydrogen (secondary N) is 2. The molecule has 1 heterocycles. The van der Waals surface area contributed by atoms with Gasteiger partial charge in [-0.05, 0) is 53.0 Å². The molecule has 0 aliphatic carbocycles. The number of halogens is 1. The van der Waals surface area contributed by atoms with Crippen LogP contribution in [-0.2, 0) is 16.1 Å². The minimum absolute atomic E-state index is 0. The molecule has 164 valence electrons. The van der Waals surface area contributed by atoms with Crippen molar-refractivity contribution in [1.82, 2.24) is 15.5 Å². The monoisotopic (exact) mass is 516 g/mol. The fourth-order valence-corrected chi connectivity index (χ4v) is 3.33. The van der Waals surface area contributed by atoms with Gasteiger partial charge in [0.05, 0.1) is 0 Å². The zero-order valence-electron chi connectivity index (χ0n) is 18.5. The van der Waals surface area contributed by atoms with Gasteiger partial charge in [-0.25, -0.2) is 4.99 Å². The van der Waals surface area contributed by atoms with Gasteiger partial charge < -0.3 is 15.4 Å². The lowest BCUT2D eigenvalue weighted by atomic mass is 10.0. The molecule has 1 fully saturated rings. The lowest BCUT2D eigenvalue weighted by Crippen LogP contribution is -2.48. The van der Waals surface area contributed by atoms with E-state index in [1.165, 1.54) is 11.1 Å². The molecular weight excluding hydrogens is 479 g/mol. The molecule has 29 heavy (non-hydrogen) atoms. The van der Waals surface area contributed by atoms with Crippen molar-refractivity contribution in [1.29, 1.82) is 0 Å². The van der Waals surface area contributed by atoms with Crippen LogP contribution in [0.15, 0.2) is 29.3 Å². The van der Waals surface area contributed by atoms with E-state index in [4.69, 9.17) is 4.74 Å². The molecule has 0 radical (unpaired) electrons. The number of carbonyl (C=O) groups is 1. The minimum atomic E-state index is -0.484. The molecule has 0 aromatic heterocycles. The fraction of sp³-hybridized carbons (Fsp3) is 0.636. The number of guanidine groups is 1. The maximum absolute atomic E-state index is 11.9. The number of aliphatic imine (C=N–C) groups is 1. The van der Waals surface area contributed by atoms with Crippen LogP contribution in [0, 0.1) is 6.92 Å². The Labute approximate surface area is 192 Å². The molecule has 1 aliphatic rings. The van der Waals surface area contributed by atoms with Gasteiger partial charge in [0.25, 0.3) is 0 Å². The predicted octanol–water partition coefficient (Wildman–Crippen LogP) is 3.47. The van der Waals surface area contributed by atoms with E-state index in [9.17, 15) is 4.79 Å². The van der Waals surface area contributed by atoms with Crippen LogP contribution in [0.25, 0.3) is 0 Å². The third kappa shape index (κ3) is 10.3. The molecule has 0 saturated carbocycles. The summed E-state index contributed by atoms with van der Waals surface area (Å²) in [6.45, 7) is 13.6. The summed E-state index contributed by atoms with van der Waals surface area (Å²) in [5, 5.41) is 6.70. The number of benzene rings is 1. The number of aryl methyl sites for hydroxylation is 1. The van der Waals surface area contributed by atoms with E-state index < -0.39 is 5.60 Å². The summed E-state index contributed by atoms with van der Waals surface area (Å²) in [6.07, 6.45) is 2.12.